The van der Waals surface area contributed by atoms with Crippen molar-refractivity contribution >= 4 is 38.6 Å². The highest BCUT2D eigenvalue weighted by Gasteiger charge is 2.14. The molecule has 1 heterocycles. The highest BCUT2D eigenvalue weighted by Crippen LogP contribution is 2.25. The standard InChI is InChI=1S/C11H12N2O4S2/c1-2-19(15,16)7-3-4-9-8(5-7)13-11(17-9)18-6-10(12)14/h3-5H,2,6H2,1H3,(H2,12,14). The number of hydrogen-bond acceptors (Lipinski definition) is 6. The van der Waals surface area contributed by atoms with Gasteiger partial charge in [0.05, 0.1) is 16.4 Å². The fourth-order valence-electron chi connectivity index (χ4n) is 1.44. The normalized spacial score (nSPS) is 11.8. The lowest BCUT2D eigenvalue weighted by molar-refractivity contribution is -0.115. The molecule has 1 aromatic carbocycles. The molecule has 0 aliphatic rings. The SMILES string of the molecule is CCS(=O)(=O)c1ccc2oc(SCC(N)=O)nc2c1. The Morgan fingerprint density at radius 2 is 2.21 bits per heavy atom. The van der Waals surface area contributed by atoms with E-state index in [0.29, 0.717) is 16.3 Å². The Morgan fingerprint density at radius 3 is 2.84 bits per heavy atom. The minimum atomic E-state index is -3.27. The Hall–Kier alpha value is -1.54. The van der Waals surface area contributed by atoms with Crippen molar-refractivity contribution in [2.24, 2.45) is 5.73 Å². The van der Waals surface area contributed by atoms with Crippen LogP contribution >= 0.6 is 11.8 Å². The van der Waals surface area contributed by atoms with E-state index >= 15 is 0 Å². The predicted molar refractivity (Wildman–Crippen MR) is 71.7 cm³/mol. The van der Waals surface area contributed by atoms with E-state index in [2.05, 4.69) is 4.98 Å². The van der Waals surface area contributed by atoms with Gasteiger partial charge in [0.1, 0.15) is 5.52 Å². The summed E-state index contributed by atoms with van der Waals surface area (Å²) in [6, 6.07) is 4.50. The second-order valence-electron chi connectivity index (χ2n) is 3.77. The third kappa shape index (κ3) is 3.07. The van der Waals surface area contributed by atoms with E-state index in [1.807, 2.05) is 0 Å². The highest BCUT2D eigenvalue weighted by atomic mass is 32.2. The third-order valence-electron chi connectivity index (χ3n) is 2.42. The number of amides is 1. The van der Waals surface area contributed by atoms with Gasteiger partial charge in [-0.2, -0.15) is 0 Å². The zero-order valence-corrected chi connectivity index (χ0v) is 11.8. The number of nitrogens with two attached hydrogens (primary N) is 1. The van der Waals surface area contributed by atoms with Crippen LogP contribution in [-0.2, 0) is 14.6 Å². The Morgan fingerprint density at radius 1 is 1.47 bits per heavy atom. The van der Waals surface area contributed by atoms with Gasteiger partial charge in [-0.1, -0.05) is 18.7 Å². The molecule has 0 fully saturated rings. The van der Waals surface area contributed by atoms with Crippen molar-refractivity contribution < 1.29 is 17.6 Å². The van der Waals surface area contributed by atoms with E-state index in [9.17, 15) is 13.2 Å². The number of rotatable bonds is 5. The van der Waals surface area contributed by atoms with Crippen LogP contribution in [0.3, 0.4) is 0 Å². The molecule has 0 radical (unpaired) electrons. The molecule has 0 saturated carbocycles. The minimum Gasteiger partial charge on any atom is -0.431 e. The molecule has 1 amide bonds. The van der Waals surface area contributed by atoms with Crippen LogP contribution in [0.2, 0.25) is 0 Å². The quantitative estimate of drug-likeness (QED) is 0.832. The van der Waals surface area contributed by atoms with Gasteiger partial charge in [-0.25, -0.2) is 13.4 Å². The van der Waals surface area contributed by atoms with E-state index in [-0.39, 0.29) is 16.4 Å². The summed E-state index contributed by atoms with van der Waals surface area (Å²) >= 11 is 1.07. The molecule has 8 heteroatoms. The summed E-state index contributed by atoms with van der Waals surface area (Å²) in [6.07, 6.45) is 0. The van der Waals surface area contributed by atoms with E-state index in [1.54, 1.807) is 13.0 Å². The number of sulfone groups is 1. The molecule has 0 saturated heterocycles. The maximum atomic E-state index is 11.7. The molecule has 0 aliphatic heterocycles. The van der Waals surface area contributed by atoms with Gasteiger partial charge in [0.2, 0.25) is 5.91 Å². The van der Waals surface area contributed by atoms with Gasteiger partial charge >= 0.3 is 0 Å². The molecular weight excluding hydrogens is 288 g/mol. The van der Waals surface area contributed by atoms with Crippen molar-refractivity contribution in [2.75, 3.05) is 11.5 Å². The van der Waals surface area contributed by atoms with E-state index < -0.39 is 15.7 Å². The number of oxazole rings is 1. The monoisotopic (exact) mass is 300 g/mol. The van der Waals surface area contributed by atoms with Crippen molar-refractivity contribution in [2.45, 2.75) is 17.0 Å². The zero-order valence-electron chi connectivity index (χ0n) is 10.1. The van der Waals surface area contributed by atoms with Crippen molar-refractivity contribution in [3.05, 3.63) is 18.2 Å². The topological polar surface area (TPSA) is 103 Å². The maximum Gasteiger partial charge on any atom is 0.257 e. The summed E-state index contributed by atoms with van der Waals surface area (Å²) in [7, 11) is -3.27. The summed E-state index contributed by atoms with van der Waals surface area (Å²) in [4.78, 5) is 15.0. The number of benzene rings is 1. The van der Waals surface area contributed by atoms with Gasteiger partial charge in [0.25, 0.3) is 5.22 Å². The second-order valence-corrected chi connectivity index (χ2v) is 6.97. The Bertz CT molecular complexity index is 721. The lowest BCUT2D eigenvalue weighted by Crippen LogP contribution is -2.12. The van der Waals surface area contributed by atoms with Crippen LogP contribution < -0.4 is 5.73 Å². The van der Waals surface area contributed by atoms with Crippen molar-refractivity contribution in [1.29, 1.82) is 0 Å². The van der Waals surface area contributed by atoms with E-state index in [0.717, 1.165) is 11.8 Å². The maximum absolute atomic E-state index is 11.7. The van der Waals surface area contributed by atoms with Crippen LogP contribution in [0.15, 0.2) is 32.7 Å². The van der Waals surface area contributed by atoms with Gasteiger partial charge in [0, 0.05) is 0 Å². The number of hydrogen-bond donors (Lipinski definition) is 1. The molecule has 2 rings (SSSR count). The van der Waals surface area contributed by atoms with Crippen molar-refractivity contribution in [3.63, 3.8) is 0 Å². The zero-order chi connectivity index (χ0) is 14.0. The Labute approximate surface area is 114 Å². The summed E-state index contributed by atoms with van der Waals surface area (Å²) in [5.41, 5.74) is 5.95. The lowest BCUT2D eigenvalue weighted by Gasteiger charge is -1.99. The van der Waals surface area contributed by atoms with Crippen LogP contribution in [-0.4, -0.2) is 30.8 Å². The van der Waals surface area contributed by atoms with E-state index in [1.165, 1.54) is 12.1 Å². The van der Waals surface area contributed by atoms with Gasteiger partial charge in [-0.3, -0.25) is 4.79 Å². The van der Waals surface area contributed by atoms with Crippen LogP contribution in [0.25, 0.3) is 11.1 Å². The van der Waals surface area contributed by atoms with E-state index in [4.69, 9.17) is 10.2 Å². The first kappa shape index (κ1) is 13.9. The summed E-state index contributed by atoms with van der Waals surface area (Å²) < 4.78 is 28.9. The number of carbonyl (C=O) groups excluding carboxylic acids is 1. The number of fused-ring (bicyclic) bond motifs is 1. The molecule has 2 N–H and O–H groups in total. The summed E-state index contributed by atoms with van der Waals surface area (Å²) in [5.74, 6) is -0.381. The number of aromatic nitrogens is 1. The average molecular weight is 300 g/mol. The molecule has 2 aromatic rings. The predicted octanol–water partition coefficient (Wildman–Crippen LogP) is 1.20. The molecule has 0 spiro atoms. The molecule has 0 aliphatic carbocycles. The number of primary amides is 1. The summed E-state index contributed by atoms with van der Waals surface area (Å²) in [5, 5.41) is 0.292. The van der Waals surface area contributed by atoms with Crippen LogP contribution in [0, 0.1) is 0 Å². The van der Waals surface area contributed by atoms with Gasteiger partial charge in [-0.05, 0) is 18.2 Å². The van der Waals surface area contributed by atoms with Gasteiger partial charge in [0.15, 0.2) is 15.4 Å². The fraction of sp³-hybridized carbons (Fsp3) is 0.273. The minimum absolute atomic E-state index is 0.0274. The first-order valence-electron chi connectivity index (χ1n) is 5.47. The Balaban J connectivity index is 2.36. The molecule has 19 heavy (non-hydrogen) atoms. The second kappa shape index (κ2) is 5.22. The first-order valence-corrected chi connectivity index (χ1v) is 8.10. The van der Waals surface area contributed by atoms with Crippen LogP contribution in [0.5, 0.6) is 0 Å². The first-order chi connectivity index (χ1) is 8.92. The van der Waals surface area contributed by atoms with Crippen molar-refractivity contribution in [1.82, 2.24) is 4.98 Å². The average Bonchev–Trinajstić information content (AvgIpc) is 2.78. The number of nitrogens with zero attached hydrogens (tertiary/aromatic N) is 1. The molecule has 102 valence electrons. The fourth-order valence-corrected chi connectivity index (χ4v) is 2.92. The van der Waals surface area contributed by atoms with Crippen LogP contribution in [0.1, 0.15) is 6.92 Å². The number of thioether (sulfide) groups is 1. The van der Waals surface area contributed by atoms with Gasteiger partial charge in [-0.15, -0.1) is 0 Å². The lowest BCUT2D eigenvalue weighted by atomic mass is 10.3. The molecule has 0 atom stereocenters. The molecule has 6 nitrogen and oxygen atoms in total. The third-order valence-corrected chi connectivity index (χ3v) is 5.00. The van der Waals surface area contributed by atoms with Crippen molar-refractivity contribution in [3.8, 4) is 0 Å². The Kier molecular flexibility index (Phi) is 3.81. The largest absolute Gasteiger partial charge is 0.431 e. The van der Waals surface area contributed by atoms with Crippen LogP contribution in [0.4, 0.5) is 0 Å². The molecule has 0 bridgehead atoms. The molecule has 1 aromatic heterocycles. The highest BCUT2D eigenvalue weighted by molar-refractivity contribution is 7.99. The summed E-state index contributed by atoms with van der Waals surface area (Å²) in [6.45, 7) is 1.58. The number of carbonyl (C=O) groups is 1. The van der Waals surface area contributed by atoms with Gasteiger partial charge < -0.3 is 10.2 Å². The molecular formula is C11H12N2O4S2. The smallest absolute Gasteiger partial charge is 0.257 e. The molecule has 0 unspecified atom stereocenters.